The van der Waals surface area contributed by atoms with E-state index in [1.807, 2.05) is 17.0 Å². The Morgan fingerprint density at radius 3 is 2.63 bits per heavy atom. The summed E-state index contributed by atoms with van der Waals surface area (Å²) >= 11 is 4.37. The third kappa shape index (κ3) is 2.95. The van der Waals surface area contributed by atoms with Crippen LogP contribution in [-0.4, -0.2) is 27.1 Å². The molecule has 0 aromatic heterocycles. The Kier molecular flexibility index (Phi) is 4.20. The molecule has 0 fully saturated rings. The molecule has 1 unspecified atom stereocenters. The number of sulfonamides is 1. The van der Waals surface area contributed by atoms with Gasteiger partial charge in [0, 0.05) is 6.54 Å². The molecule has 1 aromatic rings. The van der Waals surface area contributed by atoms with E-state index >= 15 is 0 Å². The van der Waals surface area contributed by atoms with E-state index in [-0.39, 0.29) is 4.90 Å². The minimum Gasteiger partial charge on any atom is -0.330 e. The van der Waals surface area contributed by atoms with Crippen LogP contribution >= 0.6 is 12.6 Å². The molecular formula is C13H18N2O2S2. The van der Waals surface area contributed by atoms with Crippen molar-refractivity contribution in [1.82, 2.24) is 0 Å². The van der Waals surface area contributed by atoms with Crippen LogP contribution in [0.1, 0.15) is 13.8 Å². The van der Waals surface area contributed by atoms with Crippen LogP contribution in [0.25, 0.3) is 0 Å². The van der Waals surface area contributed by atoms with Gasteiger partial charge in [0.05, 0.1) is 5.69 Å². The van der Waals surface area contributed by atoms with Gasteiger partial charge in [0.1, 0.15) is 11.2 Å². The molecule has 0 saturated carbocycles. The van der Waals surface area contributed by atoms with Crippen molar-refractivity contribution in [3.05, 3.63) is 24.3 Å². The molecule has 0 N–H and O–H groups in total. The number of hydrogen-bond donors (Lipinski definition) is 1. The number of fused-ring (bicyclic) bond motifs is 1. The van der Waals surface area contributed by atoms with Crippen LogP contribution in [0.2, 0.25) is 0 Å². The fraction of sp³-hybridized carbons (Fsp3) is 0.462. The summed E-state index contributed by atoms with van der Waals surface area (Å²) in [5.74, 6) is 1.62. The zero-order chi connectivity index (χ0) is 14.0. The number of benzene rings is 1. The molecule has 1 aliphatic heterocycles. The van der Waals surface area contributed by atoms with E-state index in [1.165, 1.54) is 6.34 Å². The second-order valence-electron chi connectivity index (χ2n) is 5.00. The molecule has 0 bridgehead atoms. The zero-order valence-electron chi connectivity index (χ0n) is 11.0. The van der Waals surface area contributed by atoms with Crippen molar-refractivity contribution in [2.24, 2.45) is 16.2 Å². The highest BCUT2D eigenvalue weighted by Crippen LogP contribution is 2.30. The Labute approximate surface area is 120 Å². The van der Waals surface area contributed by atoms with Crippen molar-refractivity contribution in [2.45, 2.75) is 18.7 Å². The van der Waals surface area contributed by atoms with E-state index in [2.05, 4.69) is 30.9 Å². The Bertz CT molecular complexity index is 582. The first-order valence-electron chi connectivity index (χ1n) is 6.22. The van der Waals surface area contributed by atoms with E-state index in [9.17, 15) is 8.42 Å². The van der Waals surface area contributed by atoms with Gasteiger partial charge >= 0.3 is 0 Å². The number of hydrogen-bond acceptors (Lipinski definition) is 4. The Balaban J connectivity index is 2.35. The van der Waals surface area contributed by atoms with Crippen molar-refractivity contribution in [3.63, 3.8) is 0 Å². The van der Waals surface area contributed by atoms with Crippen LogP contribution in [0.4, 0.5) is 5.69 Å². The highest BCUT2D eigenvalue weighted by molar-refractivity contribution is 7.90. The maximum absolute atomic E-state index is 11.9. The SMILES string of the molecule is CC(C)C(CS)CN1C=NS(=O)(=O)c2ccccc21. The second-order valence-corrected chi connectivity index (χ2v) is 6.97. The highest BCUT2D eigenvalue weighted by atomic mass is 32.2. The van der Waals surface area contributed by atoms with Gasteiger partial charge in [-0.05, 0) is 29.7 Å². The highest BCUT2D eigenvalue weighted by Gasteiger charge is 2.26. The van der Waals surface area contributed by atoms with Crippen LogP contribution in [0.3, 0.4) is 0 Å². The summed E-state index contributed by atoms with van der Waals surface area (Å²) in [6.07, 6.45) is 1.41. The summed E-state index contributed by atoms with van der Waals surface area (Å²) in [6.45, 7) is 5.01. The monoisotopic (exact) mass is 298 g/mol. The van der Waals surface area contributed by atoms with Gasteiger partial charge in [0.2, 0.25) is 0 Å². The van der Waals surface area contributed by atoms with Gasteiger partial charge in [-0.2, -0.15) is 21.0 Å². The summed E-state index contributed by atoms with van der Waals surface area (Å²) < 4.78 is 27.4. The number of anilines is 1. The van der Waals surface area contributed by atoms with Crippen molar-refractivity contribution >= 4 is 34.7 Å². The van der Waals surface area contributed by atoms with E-state index in [4.69, 9.17) is 0 Å². The summed E-state index contributed by atoms with van der Waals surface area (Å²) in [6, 6.07) is 6.97. The van der Waals surface area contributed by atoms with E-state index in [0.29, 0.717) is 17.5 Å². The molecule has 6 heteroatoms. The van der Waals surface area contributed by atoms with Gasteiger partial charge < -0.3 is 4.90 Å². The third-order valence-corrected chi connectivity index (χ3v) is 5.13. The zero-order valence-corrected chi connectivity index (χ0v) is 12.7. The lowest BCUT2D eigenvalue weighted by Gasteiger charge is -2.30. The van der Waals surface area contributed by atoms with Gasteiger partial charge in [0.15, 0.2) is 0 Å². The van der Waals surface area contributed by atoms with Crippen LogP contribution in [-0.2, 0) is 10.0 Å². The van der Waals surface area contributed by atoms with E-state index in [1.54, 1.807) is 12.1 Å². The molecule has 1 aliphatic rings. The average Bonchev–Trinajstić information content (AvgIpc) is 2.38. The molecule has 0 aliphatic carbocycles. The standard InChI is InChI=1S/C13H18N2O2S2/c1-10(2)11(8-18)7-15-9-14-19(16,17)13-6-4-3-5-12(13)15/h3-6,9-11,18H,7-8H2,1-2H3. The van der Waals surface area contributed by atoms with Gasteiger partial charge in [-0.3, -0.25) is 0 Å². The lowest BCUT2D eigenvalue weighted by molar-refractivity contribution is 0.437. The van der Waals surface area contributed by atoms with Crippen molar-refractivity contribution < 1.29 is 8.42 Å². The fourth-order valence-corrected chi connectivity index (χ4v) is 3.62. The fourth-order valence-electron chi connectivity index (χ4n) is 2.03. The average molecular weight is 298 g/mol. The molecular weight excluding hydrogens is 280 g/mol. The predicted molar refractivity (Wildman–Crippen MR) is 81.6 cm³/mol. The maximum atomic E-state index is 11.9. The van der Waals surface area contributed by atoms with Crippen LogP contribution in [0.15, 0.2) is 33.6 Å². The molecule has 0 radical (unpaired) electrons. The normalized spacial score (nSPS) is 18.4. The van der Waals surface area contributed by atoms with Crippen LogP contribution in [0.5, 0.6) is 0 Å². The first-order valence-corrected chi connectivity index (χ1v) is 8.30. The lowest BCUT2D eigenvalue weighted by Crippen LogP contribution is -2.34. The first kappa shape index (κ1) is 14.4. The summed E-state index contributed by atoms with van der Waals surface area (Å²) in [4.78, 5) is 2.18. The first-order chi connectivity index (χ1) is 8.95. The molecule has 1 aromatic carbocycles. The number of rotatable bonds is 4. The van der Waals surface area contributed by atoms with Gasteiger partial charge in [0.25, 0.3) is 10.0 Å². The minimum atomic E-state index is -3.53. The molecule has 2 rings (SSSR count). The molecule has 4 nitrogen and oxygen atoms in total. The van der Waals surface area contributed by atoms with Crippen molar-refractivity contribution in [2.75, 3.05) is 17.2 Å². The summed E-state index contributed by atoms with van der Waals surface area (Å²) in [5, 5.41) is 0. The molecule has 0 spiro atoms. The Hall–Kier alpha value is -1.01. The largest absolute Gasteiger partial charge is 0.330 e. The molecule has 104 valence electrons. The lowest BCUT2D eigenvalue weighted by atomic mass is 9.97. The number of para-hydroxylation sites is 1. The summed E-state index contributed by atoms with van der Waals surface area (Å²) in [7, 11) is -3.53. The number of thiol groups is 1. The molecule has 19 heavy (non-hydrogen) atoms. The van der Waals surface area contributed by atoms with Crippen molar-refractivity contribution in [1.29, 1.82) is 0 Å². The second kappa shape index (κ2) is 5.54. The molecule has 1 heterocycles. The van der Waals surface area contributed by atoms with E-state index in [0.717, 1.165) is 12.3 Å². The molecule has 1 atom stereocenters. The van der Waals surface area contributed by atoms with Crippen molar-refractivity contribution in [3.8, 4) is 0 Å². The molecule has 0 saturated heterocycles. The topological polar surface area (TPSA) is 49.7 Å². The summed E-state index contributed by atoms with van der Waals surface area (Å²) in [5.41, 5.74) is 0.699. The van der Waals surface area contributed by atoms with Gasteiger partial charge in [-0.1, -0.05) is 26.0 Å². The quantitative estimate of drug-likeness (QED) is 0.869. The smallest absolute Gasteiger partial charge is 0.285 e. The predicted octanol–water partition coefficient (Wildman–Crippen LogP) is 2.43. The van der Waals surface area contributed by atoms with Crippen LogP contribution < -0.4 is 4.90 Å². The van der Waals surface area contributed by atoms with E-state index < -0.39 is 10.0 Å². The molecule has 0 amide bonds. The van der Waals surface area contributed by atoms with Gasteiger partial charge in [-0.25, -0.2) is 0 Å². The maximum Gasteiger partial charge on any atom is 0.285 e. The Morgan fingerprint density at radius 2 is 2.00 bits per heavy atom. The third-order valence-electron chi connectivity index (χ3n) is 3.39. The Morgan fingerprint density at radius 1 is 1.32 bits per heavy atom. The van der Waals surface area contributed by atoms with Gasteiger partial charge in [-0.15, -0.1) is 4.40 Å². The minimum absolute atomic E-state index is 0.277. The number of nitrogens with zero attached hydrogens (tertiary/aromatic N) is 2. The van der Waals surface area contributed by atoms with Crippen LogP contribution in [0, 0.1) is 11.8 Å².